The van der Waals surface area contributed by atoms with Gasteiger partial charge >= 0.3 is 11.8 Å². The first kappa shape index (κ1) is 19.4. The van der Waals surface area contributed by atoms with Crippen LogP contribution in [0.25, 0.3) is 16.9 Å². The number of rotatable bonds is 4. The Morgan fingerprint density at radius 1 is 0.933 bits per heavy atom. The van der Waals surface area contributed by atoms with Crippen LogP contribution in [-0.4, -0.2) is 33.5 Å². The number of nitrogens with one attached hydrogen (secondary N) is 3. The summed E-state index contributed by atoms with van der Waals surface area (Å²) >= 11 is 0. The molecule has 8 heteroatoms. The van der Waals surface area contributed by atoms with Crippen LogP contribution in [0.2, 0.25) is 0 Å². The van der Waals surface area contributed by atoms with E-state index < -0.39 is 17.7 Å². The largest absolute Gasteiger partial charge is 0.345 e. The van der Waals surface area contributed by atoms with Gasteiger partial charge in [0.05, 0.1) is 11.3 Å². The van der Waals surface area contributed by atoms with Crippen molar-refractivity contribution < 1.29 is 14.4 Å². The Balaban J connectivity index is 1.57. The van der Waals surface area contributed by atoms with Crippen molar-refractivity contribution in [1.82, 2.24) is 25.9 Å². The Bertz CT molecular complexity index is 1090. The summed E-state index contributed by atoms with van der Waals surface area (Å²) in [6.07, 6.45) is 3.32. The van der Waals surface area contributed by atoms with Gasteiger partial charge < -0.3 is 5.32 Å². The number of aryl methyl sites for hydroxylation is 1. The molecule has 0 spiro atoms. The molecule has 3 aromatic rings. The number of para-hydroxylation sites is 1. The molecule has 152 valence electrons. The summed E-state index contributed by atoms with van der Waals surface area (Å²) in [5.74, 6) is -2.25. The van der Waals surface area contributed by atoms with Crippen LogP contribution in [0.3, 0.4) is 0 Å². The van der Waals surface area contributed by atoms with Gasteiger partial charge in [0.2, 0.25) is 0 Å². The summed E-state index contributed by atoms with van der Waals surface area (Å²) in [4.78, 5) is 36.5. The predicted molar refractivity (Wildman–Crippen MR) is 111 cm³/mol. The number of nitrogens with zero attached hydrogens (tertiary/aromatic N) is 2. The van der Waals surface area contributed by atoms with Crippen molar-refractivity contribution in [3.8, 4) is 16.9 Å². The maximum atomic E-state index is 12.8. The Morgan fingerprint density at radius 2 is 1.63 bits per heavy atom. The highest BCUT2D eigenvalue weighted by molar-refractivity contribution is 6.35. The van der Waals surface area contributed by atoms with Crippen molar-refractivity contribution in [3.63, 3.8) is 0 Å². The molecule has 30 heavy (non-hydrogen) atoms. The average molecular weight is 403 g/mol. The zero-order valence-corrected chi connectivity index (χ0v) is 16.4. The molecule has 0 atom stereocenters. The fourth-order valence-electron chi connectivity index (χ4n) is 2.89. The molecule has 2 aromatic carbocycles. The molecule has 1 fully saturated rings. The van der Waals surface area contributed by atoms with Crippen LogP contribution < -0.4 is 16.2 Å². The minimum atomic E-state index is -0.914. The first-order chi connectivity index (χ1) is 14.5. The highest BCUT2D eigenvalue weighted by atomic mass is 16.2. The monoisotopic (exact) mass is 403 g/mol. The molecule has 0 aliphatic heterocycles. The van der Waals surface area contributed by atoms with Gasteiger partial charge in [0.15, 0.2) is 0 Å². The molecule has 0 unspecified atom stereocenters. The molecule has 1 heterocycles. The van der Waals surface area contributed by atoms with Crippen LogP contribution in [0.1, 0.15) is 28.8 Å². The highest BCUT2D eigenvalue weighted by Crippen LogP contribution is 2.24. The number of carbonyl (C=O) groups excluding carboxylic acids is 3. The first-order valence-corrected chi connectivity index (χ1v) is 9.64. The van der Waals surface area contributed by atoms with E-state index in [4.69, 9.17) is 0 Å². The molecule has 4 rings (SSSR count). The van der Waals surface area contributed by atoms with Crippen LogP contribution in [0.5, 0.6) is 0 Å². The number of carbonyl (C=O) groups is 3. The van der Waals surface area contributed by atoms with Crippen molar-refractivity contribution in [1.29, 1.82) is 0 Å². The van der Waals surface area contributed by atoms with Gasteiger partial charge in [0.1, 0.15) is 5.69 Å². The van der Waals surface area contributed by atoms with E-state index in [1.54, 1.807) is 10.9 Å². The second kappa shape index (κ2) is 8.20. The minimum Gasteiger partial charge on any atom is -0.345 e. The zero-order valence-electron chi connectivity index (χ0n) is 16.4. The Morgan fingerprint density at radius 3 is 2.30 bits per heavy atom. The van der Waals surface area contributed by atoms with E-state index in [2.05, 4.69) is 21.3 Å². The van der Waals surface area contributed by atoms with E-state index in [0.29, 0.717) is 5.69 Å². The number of benzene rings is 2. The van der Waals surface area contributed by atoms with E-state index in [1.165, 1.54) is 0 Å². The number of hydrazine groups is 1. The smallest absolute Gasteiger partial charge is 0.327 e. The van der Waals surface area contributed by atoms with Crippen LogP contribution in [0.4, 0.5) is 0 Å². The third-order valence-corrected chi connectivity index (χ3v) is 4.71. The molecule has 1 aromatic heterocycles. The third-order valence-electron chi connectivity index (χ3n) is 4.71. The third kappa shape index (κ3) is 4.38. The quantitative estimate of drug-likeness (QED) is 0.457. The molecule has 0 radical (unpaired) electrons. The summed E-state index contributed by atoms with van der Waals surface area (Å²) in [6.45, 7) is 1.97. The molecule has 3 N–H and O–H groups in total. The van der Waals surface area contributed by atoms with Crippen molar-refractivity contribution in [2.45, 2.75) is 25.8 Å². The van der Waals surface area contributed by atoms with Crippen molar-refractivity contribution in [2.75, 3.05) is 0 Å². The van der Waals surface area contributed by atoms with Gasteiger partial charge in [-0.2, -0.15) is 5.10 Å². The summed E-state index contributed by atoms with van der Waals surface area (Å²) in [5.41, 5.74) is 7.84. The molecule has 8 nitrogen and oxygen atoms in total. The molecular formula is C22H21N5O3. The van der Waals surface area contributed by atoms with Gasteiger partial charge in [-0.1, -0.05) is 48.0 Å². The molecule has 0 bridgehead atoms. The van der Waals surface area contributed by atoms with Crippen LogP contribution in [0, 0.1) is 6.92 Å². The van der Waals surface area contributed by atoms with Crippen LogP contribution >= 0.6 is 0 Å². The normalized spacial score (nSPS) is 12.8. The lowest BCUT2D eigenvalue weighted by atomic mass is 10.1. The SMILES string of the molecule is Cc1ccc(-c2nn(-c3ccccc3)cc2C(=O)NNC(=O)C(=O)NC2CC2)cc1. The van der Waals surface area contributed by atoms with Crippen molar-refractivity contribution in [2.24, 2.45) is 0 Å². The maximum Gasteiger partial charge on any atom is 0.327 e. The van der Waals surface area contributed by atoms with Crippen molar-refractivity contribution in [3.05, 3.63) is 71.9 Å². The number of hydrogen-bond acceptors (Lipinski definition) is 4. The van der Waals surface area contributed by atoms with Gasteiger partial charge in [-0.25, -0.2) is 4.68 Å². The summed E-state index contributed by atoms with van der Waals surface area (Å²) < 4.78 is 1.60. The van der Waals surface area contributed by atoms with E-state index in [-0.39, 0.29) is 11.6 Å². The molecule has 1 saturated carbocycles. The molecule has 1 aliphatic carbocycles. The predicted octanol–water partition coefficient (Wildman–Crippen LogP) is 1.89. The lowest BCUT2D eigenvalue weighted by molar-refractivity contribution is -0.139. The molecule has 0 saturated heterocycles. The topological polar surface area (TPSA) is 105 Å². The second-order valence-electron chi connectivity index (χ2n) is 7.19. The van der Waals surface area contributed by atoms with E-state index in [9.17, 15) is 14.4 Å². The Hall–Kier alpha value is -3.94. The Labute approximate surface area is 173 Å². The first-order valence-electron chi connectivity index (χ1n) is 9.64. The molecule has 3 amide bonds. The number of amides is 3. The summed E-state index contributed by atoms with van der Waals surface area (Å²) in [7, 11) is 0. The summed E-state index contributed by atoms with van der Waals surface area (Å²) in [6, 6.07) is 17.1. The van der Waals surface area contributed by atoms with E-state index in [1.807, 2.05) is 61.5 Å². The number of hydrogen-bond donors (Lipinski definition) is 3. The lowest BCUT2D eigenvalue weighted by Gasteiger charge is -2.07. The standard InChI is InChI=1S/C22H21N5O3/c1-14-7-9-15(10-8-14)19-18(13-27(26-19)17-5-3-2-4-6-17)20(28)24-25-22(30)21(29)23-16-11-12-16/h2-10,13,16H,11-12H2,1H3,(H,23,29)(H,24,28)(H,25,30). The molecule has 1 aliphatic rings. The number of aromatic nitrogens is 2. The van der Waals surface area contributed by atoms with Gasteiger partial charge in [-0.15, -0.1) is 0 Å². The maximum absolute atomic E-state index is 12.8. The molecular weight excluding hydrogens is 382 g/mol. The van der Waals surface area contributed by atoms with Crippen LogP contribution in [-0.2, 0) is 9.59 Å². The van der Waals surface area contributed by atoms with E-state index >= 15 is 0 Å². The van der Waals surface area contributed by atoms with E-state index in [0.717, 1.165) is 29.7 Å². The van der Waals surface area contributed by atoms with Crippen LogP contribution in [0.15, 0.2) is 60.8 Å². The minimum absolute atomic E-state index is 0.0520. The van der Waals surface area contributed by atoms with Gasteiger partial charge in [-0.05, 0) is 31.9 Å². The van der Waals surface area contributed by atoms with Crippen molar-refractivity contribution >= 4 is 17.7 Å². The van der Waals surface area contributed by atoms with Gasteiger partial charge in [0.25, 0.3) is 5.91 Å². The second-order valence-corrected chi connectivity index (χ2v) is 7.19. The fraction of sp³-hybridized carbons (Fsp3) is 0.182. The average Bonchev–Trinajstić information content (AvgIpc) is 3.46. The van der Waals surface area contributed by atoms with Gasteiger partial charge in [0, 0.05) is 17.8 Å². The van der Waals surface area contributed by atoms with Gasteiger partial charge in [-0.3, -0.25) is 25.2 Å². The zero-order chi connectivity index (χ0) is 21.1. The fourth-order valence-corrected chi connectivity index (χ4v) is 2.89. The summed E-state index contributed by atoms with van der Waals surface area (Å²) in [5, 5.41) is 7.14. The lowest BCUT2D eigenvalue weighted by Crippen LogP contribution is -2.49. The highest BCUT2D eigenvalue weighted by Gasteiger charge is 2.27. The Kier molecular flexibility index (Phi) is 5.30.